The second-order valence-corrected chi connectivity index (χ2v) is 9.84. The van der Waals surface area contributed by atoms with Crippen LogP contribution in [0.15, 0.2) is 70.7 Å². The van der Waals surface area contributed by atoms with Gasteiger partial charge in [-0.2, -0.15) is 5.10 Å². The van der Waals surface area contributed by atoms with Gasteiger partial charge >= 0.3 is 0 Å². The standard InChI is InChI=1S/C19H23N5O4S2/c1-2-3-11-21-18-10-9-16(29(20,25)26)12-19(18)23-30(27,28)17-13-22-24(14-17)15-7-5-4-6-8-15/h4-10,12-14,21,23H,2-3,11H2,1H3,(H2,20,25,26). The number of benzene rings is 2. The maximum Gasteiger partial charge on any atom is 0.265 e. The number of primary sulfonamides is 1. The largest absolute Gasteiger partial charge is 0.383 e. The highest BCUT2D eigenvalue weighted by atomic mass is 32.2. The molecule has 1 heterocycles. The number of sulfonamides is 2. The van der Waals surface area contributed by atoms with Crippen LogP contribution in [0, 0.1) is 0 Å². The van der Waals surface area contributed by atoms with E-state index in [-0.39, 0.29) is 15.5 Å². The quantitative estimate of drug-likeness (QED) is 0.430. The molecule has 0 saturated carbocycles. The maximum absolute atomic E-state index is 12.9. The monoisotopic (exact) mass is 449 g/mol. The van der Waals surface area contributed by atoms with Crippen LogP contribution in [0.3, 0.4) is 0 Å². The van der Waals surface area contributed by atoms with Crippen LogP contribution in [0.1, 0.15) is 19.8 Å². The van der Waals surface area contributed by atoms with Gasteiger partial charge in [-0.15, -0.1) is 0 Å². The molecule has 30 heavy (non-hydrogen) atoms. The molecule has 0 bridgehead atoms. The Bertz CT molecular complexity index is 1220. The predicted molar refractivity (Wildman–Crippen MR) is 116 cm³/mol. The molecule has 0 amide bonds. The molecule has 3 aromatic rings. The van der Waals surface area contributed by atoms with Gasteiger partial charge in [0.1, 0.15) is 4.90 Å². The summed E-state index contributed by atoms with van der Waals surface area (Å²) in [5, 5.41) is 12.4. The van der Waals surface area contributed by atoms with Gasteiger partial charge in [0.25, 0.3) is 10.0 Å². The third-order valence-corrected chi connectivity index (χ3v) is 6.53. The molecule has 0 fully saturated rings. The van der Waals surface area contributed by atoms with Gasteiger partial charge in [0, 0.05) is 6.54 Å². The minimum atomic E-state index is -4.02. The zero-order valence-electron chi connectivity index (χ0n) is 16.3. The van der Waals surface area contributed by atoms with E-state index in [4.69, 9.17) is 5.14 Å². The van der Waals surface area contributed by atoms with Crippen LogP contribution in [0.5, 0.6) is 0 Å². The third kappa shape index (κ3) is 5.17. The van der Waals surface area contributed by atoms with E-state index < -0.39 is 20.0 Å². The highest BCUT2D eigenvalue weighted by molar-refractivity contribution is 7.92. The lowest BCUT2D eigenvalue weighted by Gasteiger charge is -2.15. The van der Waals surface area contributed by atoms with E-state index in [1.807, 2.05) is 25.1 Å². The number of unbranched alkanes of at least 4 members (excludes halogenated alkanes) is 1. The van der Waals surface area contributed by atoms with Crippen molar-refractivity contribution in [3.05, 3.63) is 60.9 Å². The van der Waals surface area contributed by atoms with Crippen molar-refractivity contribution in [2.24, 2.45) is 5.14 Å². The second kappa shape index (κ2) is 8.86. The Hall–Kier alpha value is -2.89. The van der Waals surface area contributed by atoms with Gasteiger partial charge in [0.2, 0.25) is 10.0 Å². The number of aromatic nitrogens is 2. The number of anilines is 2. The Morgan fingerprint density at radius 1 is 1.00 bits per heavy atom. The maximum atomic E-state index is 12.9. The first-order valence-electron chi connectivity index (χ1n) is 9.24. The second-order valence-electron chi connectivity index (χ2n) is 6.59. The summed E-state index contributed by atoms with van der Waals surface area (Å²) in [6, 6.07) is 13.1. The smallest absolute Gasteiger partial charge is 0.265 e. The Kier molecular flexibility index (Phi) is 6.44. The SMILES string of the molecule is CCCCNc1ccc(S(N)(=O)=O)cc1NS(=O)(=O)c1cnn(-c2ccccc2)c1. The third-order valence-electron chi connectivity index (χ3n) is 4.30. The molecule has 0 spiro atoms. The summed E-state index contributed by atoms with van der Waals surface area (Å²) in [5.41, 5.74) is 1.25. The van der Waals surface area contributed by atoms with Crippen molar-refractivity contribution in [3.63, 3.8) is 0 Å². The van der Waals surface area contributed by atoms with Crippen molar-refractivity contribution in [1.82, 2.24) is 9.78 Å². The van der Waals surface area contributed by atoms with Gasteiger partial charge in [-0.3, -0.25) is 4.72 Å². The van der Waals surface area contributed by atoms with Gasteiger partial charge in [-0.05, 0) is 36.8 Å². The minimum Gasteiger partial charge on any atom is -0.383 e. The number of hydrogen-bond acceptors (Lipinski definition) is 6. The Balaban J connectivity index is 1.94. The highest BCUT2D eigenvalue weighted by Gasteiger charge is 2.20. The van der Waals surface area contributed by atoms with Crippen molar-refractivity contribution in [2.75, 3.05) is 16.6 Å². The van der Waals surface area contributed by atoms with Gasteiger partial charge in [-0.25, -0.2) is 26.7 Å². The fourth-order valence-electron chi connectivity index (χ4n) is 2.71. The number of nitrogens with two attached hydrogens (primary N) is 1. The first kappa shape index (κ1) is 21.8. The zero-order valence-corrected chi connectivity index (χ0v) is 17.9. The van der Waals surface area contributed by atoms with Crippen LogP contribution >= 0.6 is 0 Å². The number of nitrogens with zero attached hydrogens (tertiary/aromatic N) is 2. The van der Waals surface area contributed by atoms with Crippen LogP contribution in [0.4, 0.5) is 11.4 Å². The number of hydrogen-bond donors (Lipinski definition) is 3. The lowest BCUT2D eigenvalue weighted by Crippen LogP contribution is -2.17. The molecule has 9 nitrogen and oxygen atoms in total. The lowest BCUT2D eigenvalue weighted by molar-refractivity contribution is 0.596. The summed E-state index contributed by atoms with van der Waals surface area (Å²) >= 11 is 0. The highest BCUT2D eigenvalue weighted by Crippen LogP contribution is 2.28. The van der Waals surface area contributed by atoms with E-state index in [1.165, 1.54) is 35.3 Å². The summed E-state index contributed by atoms with van der Waals surface area (Å²) in [7, 11) is -8.02. The molecule has 2 aromatic carbocycles. The van der Waals surface area contributed by atoms with E-state index in [2.05, 4.69) is 15.1 Å². The van der Waals surface area contributed by atoms with Crippen LogP contribution in [-0.4, -0.2) is 33.2 Å². The average Bonchev–Trinajstić information content (AvgIpc) is 3.20. The van der Waals surface area contributed by atoms with Crippen molar-refractivity contribution in [3.8, 4) is 5.69 Å². The van der Waals surface area contributed by atoms with Gasteiger partial charge < -0.3 is 5.32 Å². The molecule has 0 saturated heterocycles. The van der Waals surface area contributed by atoms with E-state index in [9.17, 15) is 16.8 Å². The minimum absolute atomic E-state index is 0.0631. The average molecular weight is 450 g/mol. The Morgan fingerprint density at radius 2 is 1.73 bits per heavy atom. The van der Waals surface area contributed by atoms with E-state index >= 15 is 0 Å². The molecule has 0 aliphatic carbocycles. The first-order valence-corrected chi connectivity index (χ1v) is 12.3. The molecule has 0 aliphatic heterocycles. The molecule has 0 radical (unpaired) electrons. The van der Waals surface area contributed by atoms with Crippen LogP contribution in [0.25, 0.3) is 5.69 Å². The molecule has 160 valence electrons. The normalized spacial score (nSPS) is 11.9. The van der Waals surface area contributed by atoms with E-state index in [1.54, 1.807) is 12.1 Å². The summed E-state index contributed by atoms with van der Waals surface area (Å²) in [6.45, 7) is 2.63. The fourth-order valence-corrected chi connectivity index (χ4v) is 4.25. The van der Waals surface area contributed by atoms with Crippen LogP contribution in [-0.2, 0) is 20.0 Å². The van der Waals surface area contributed by atoms with Gasteiger partial charge in [0.05, 0.1) is 34.4 Å². The molecule has 1 aromatic heterocycles. The molecule has 4 N–H and O–H groups in total. The van der Waals surface area contributed by atoms with Crippen molar-refractivity contribution in [2.45, 2.75) is 29.6 Å². The van der Waals surface area contributed by atoms with Crippen molar-refractivity contribution >= 4 is 31.4 Å². The lowest BCUT2D eigenvalue weighted by atomic mass is 10.2. The van der Waals surface area contributed by atoms with Crippen molar-refractivity contribution in [1.29, 1.82) is 0 Å². The fraction of sp³-hybridized carbons (Fsp3) is 0.211. The zero-order chi connectivity index (χ0) is 21.8. The van der Waals surface area contributed by atoms with Crippen LogP contribution in [0.2, 0.25) is 0 Å². The molecule has 11 heteroatoms. The van der Waals surface area contributed by atoms with Gasteiger partial charge in [-0.1, -0.05) is 31.5 Å². The first-order chi connectivity index (χ1) is 14.2. The molecule has 3 rings (SSSR count). The summed E-state index contributed by atoms with van der Waals surface area (Å²) in [6.07, 6.45) is 4.42. The van der Waals surface area contributed by atoms with Gasteiger partial charge in [0.15, 0.2) is 0 Å². The van der Waals surface area contributed by atoms with Crippen molar-refractivity contribution < 1.29 is 16.8 Å². The Morgan fingerprint density at radius 3 is 2.40 bits per heavy atom. The number of rotatable bonds is 9. The Labute approximate surface area is 176 Å². The molecule has 0 aliphatic rings. The summed E-state index contributed by atoms with van der Waals surface area (Å²) < 4.78 is 53.2. The molecular formula is C19H23N5O4S2. The summed E-state index contributed by atoms with van der Waals surface area (Å²) in [4.78, 5) is -0.256. The number of nitrogens with one attached hydrogen (secondary N) is 2. The topological polar surface area (TPSA) is 136 Å². The van der Waals surface area contributed by atoms with E-state index in [0.717, 1.165) is 12.8 Å². The summed E-state index contributed by atoms with van der Waals surface area (Å²) in [5.74, 6) is 0. The number of para-hydroxylation sites is 1. The molecule has 0 atom stereocenters. The predicted octanol–water partition coefficient (Wildman–Crippen LogP) is 2.53. The van der Waals surface area contributed by atoms with E-state index in [0.29, 0.717) is 17.9 Å². The molecular weight excluding hydrogens is 426 g/mol. The molecule has 0 unspecified atom stereocenters. The van der Waals surface area contributed by atoms with Crippen LogP contribution < -0.4 is 15.2 Å².